The maximum absolute atomic E-state index is 13.4. The summed E-state index contributed by atoms with van der Waals surface area (Å²) in [4.78, 5) is 13.7. The van der Waals surface area contributed by atoms with Gasteiger partial charge >= 0.3 is 0 Å². The fraction of sp³-hybridized carbons (Fsp3) is 0.824. The molecule has 1 amide bonds. The molecule has 3 fully saturated rings. The van der Waals surface area contributed by atoms with Crippen LogP contribution in [0.15, 0.2) is 0 Å². The van der Waals surface area contributed by atoms with Crippen LogP contribution in [-0.2, 0) is 4.79 Å². The highest BCUT2D eigenvalue weighted by Crippen LogP contribution is 2.50. The lowest BCUT2D eigenvalue weighted by atomic mass is 9.93. The Kier molecular flexibility index (Phi) is 4.29. The van der Waals surface area contributed by atoms with Crippen molar-refractivity contribution in [1.82, 2.24) is 10.2 Å². The maximum atomic E-state index is 13.4. The Hall–Kier alpha value is -1.66. The molecule has 124 valence electrons. The average molecular weight is 318 g/mol. The van der Waals surface area contributed by atoms with Gasteiger partial charge in [0.15, 0.2) is 0 Å². The molecule has 6 atom stereocenters. The van der Waals surface area contributed by atoms with E-state index in [1.165, 1.54) is 4.90 Å². The van der Waals surface area contributed by atoms with Crippen molar-refractivity contribution in [2.24, 2.45) is 17.8 Å². The number of hydrogen-bond donors (Lipinski definition) is 1. The van der Waals surface area contributed by atoms with Crippen molar-refractivity contribution >= 4 is 5.91 Å². The number of fused-ring (bicyclic) bond motifs is 1. The molecule has 0 aromatic carbocycles. The lowest BCUT2D eigenvalue weighted by Crippen LogP contribution is -2.48. The predicted octanol–water partition coefficient (Wildman–Crippen LogP) is 1.76. The largest absolute Gasteiger partial charge is 0.323 e. The molecule has 0 aromatic rings. The molecule has 0 spiro atoms. The second-order valence-electron chi connectivity index (χ2n) is 7.66. The first-order valence-corrected chi connectivity index (χ1v) is 8.42. The summed E-state index contributed by atoms with van der Waals surface area (Å²) in [6.45, 7) is 2.32. The molecule has 23 heavy (non-hydrogen) atoms. The Morgan fingerprint density at radius 1 is 1.26 bits per heavy atom. The van der Waals surface area contributed by atoms with Gasteiger partial charge in [-0.1, -0.05) is 0 Å². The SMILES string of the molecule is CC1(NCC(=O)N2C[C@@H](F)CC2C#N)C[C@H]2CC(C#N)C[C@H]2C1. The number of carbonyl (C=O) groups excluding carboxylic acids is 1. The van der Waals surface area contributed by atoms with E-state index >= 15 is 0 Å². The number of rotatable bonds is 3. The Balaban J connectivity index is 1.52. The minimum absolute atomic E-state index is 0.0323. The van der Waals surface area contributed by atoms with E-state index in [2.05, 4.69) is 18.3 Å². The fourth-order valence-electron chi connectivity index (χ4n) is 4.78. The van der Waals surface area contributed by atoms with E-state index in [0.29, 0.717) is 11.8 Å². The Morgan fingerprint density at radius 3 is 2.48 bits per heavy atom. The fourth-order valence-corrected chi connectivity index (χ4v) is 4.78. The molecule has 0 aromatic heterocycles. The van der Waals surface area contributed by atoms with E-state index < -0.39 is 12.2 Å². The number of nitriles is 2. The Morgan fingerprint density at radius 2 is 1.91 bits per heavy atom. The van der Waals surface area contributed by atoms with Crippen LogP contribution in [0.2, 0.25) is 0 Å². The lowest BCUT2D eigenvalue weighted by Gasteiger charge is -2.29. The second kappa shape index (κ2) is 6.09. The van der Waals surface area contributed by atoms with Gasteiger partial charge in [-0.25, -0.2) is 4.39 Å². The molecule has 1 heterocycles. The van der Waals surface area contributed by atoms with Gasteiger partial charge in [0.2, 0.25) is 5.91 Å². The number of amides is 1. The first-order valence-electron chi connectivity index (χ1n) is 8.42. The van der Waals surface area contributed by atoms with Gasteiger partial charge in [0.25, 0.3) is 0 Å². The maximum Gasteiger partial charge on any atom is 0.237 e. The van der Waals surface area contributed by atoms with Gasteiger partial charge in [-0.2, -0.15) is 10.5 Å². The zero-order chi connectivity index (χ0) is 16.6. The summed E-state index contributed by atoms with van der Waals surface area (Å²) in [5.74, 6) is 1.14. The first kappa shape index (κ1) is 16.2. The van der Waals surface area contributed by atoms with Crippen LogP contribution in [0.25, 0.3) is 0 Å². The van der Waals surface area contributed by atoms with Crippen molar-refractivity contribution < 1.29 is 9.18 Å². The first-order chi connectivity index (χ1) is 10.9. The predicted molar refractivity (Wildman–Crippen MR) is 81.6 cm³/mol. The minimum Gasteiger partial charge on any atom is -0.323 e. The van der Waals surface area contributed by atoms with E-state index in [9.17, 15) is 9.18 Å². The summed E-state index contributed by atoms with van der Waals surface area (Å²) < 4.78 is 13.4. The van der Waals surface area contributed by atoms with Crippen LogP contribution >= 0.6 is 0 Å². The van der Waals surface area contributed by atoms with Crippen LogP contribution in [0, 0.1) is 40.4 Å². The monoisotopic (exact) mass is 318 g/mol. The average Bonchev–Trinajstić information content (AvgIpc) is 3.15. The van der Waals surface area contributed by atoms with Gasteiger partial charge in [-0.15, -0.1) is 0 Å². The van der Waals surface area contributed by atoms with E-state index in [1.807, 2.05) is 6.07 Å². The minimum atomic E-state index is -1.09. The summed E-state index contributed by atoms with van der Waals surface area (Å²) >= 11 is 0. The van der Waals surface area contributed by atoms with E-state index in [1.54, 1.807) is 0 Å². The van der Waals surface area contributed by atoms with E-state index in [-0.39, 0.29) is 36.9 Å². The van der Waals surface area contributed by atoms with Gasteiger partial charge in [-0.3, -0.25) is 4.79 Å². The molecule has 3 unspecified atom stereocenters. The highest BCUT2D eigenvalue weighted by Gasteiger charge is 2.47. The Bertz CT molecular complexity index is 552. The highest BCUT2D eigenvalue weighted by atomic mass is 19.1. The zero-order valence-corrected chi connectivity index (χ0v) is 13.5. The summed E-state index contributed by atoms with van der Waals surface area (Å²) in [7, 11) is 0. The summed E-state index contributed by atoms with van der Waals surface area (Å²) in [6.07, 6.45) is 2.94. The quantitative estimate of drug-likeness (QED) is 0.860. The molecule has 0 bridgehead atoms. The summed E-state index contributed by atoms with van der Waals surface area (Å²) in [6, 6.07) is 3.76. The van der Waals surface area contributed by atoms with Crippen molar-refractivity contribution in [1.29, 1.82) is 10.5 Å². The molecule has 3 aliphatic rings. The molecule has 2 aliphatic carbocycles. The number of nitrogens with one attached hydrogen (secondary N) is 1. The van der Waals surface area contributed by atoms with Crippen molar-refractivity contribution in [3.63, 3.8) is 0 Å². The zero-order valence-electron chi connectivity index (χ0n) is 13.5. The molecule has 0 radical (unpaired) electrons. The summed E-state index contributed by atoms with van der Waals surface area (Å²) in [5, 5.41) is 21.4. The van der Waals surface area contributed by atoms with Gasteiger partial charge in [-0.05, 0) is 44.4 Å². The number of alkyl halides is 1. The van der Waals surface area contributed by atoms with Gasteiger partial charge in [0.1, 0.15) is 12.2 Å². The molecule has 1 saturated heterocycles. The number of nitrogens with zero attached hydrogens (tertiary/aromatic N) is 3. The van der Waals surface area contributed by atoms with E-state index in [4.69, 9.17) is 10.5 Å². The van der Waals surface area contributed by atoms with Crippen molar-refractivity contribution in [2.45, 2.75) is 56.8 Å². The molecular formula is C17H23FN4O. The third kappa shape index (κ3) is 3.19. The number of carbonyl (C=O) groups is 1. The molecule has 1 N–H and O–H groups in total. The van der Waals surface area contributed by atoms with Crippen molar-refractivity contribution in [2.75, 3.05) is 13.1 Å². The smallest absolute Gasteiger partial charge is 0.237 e. The van der Waals surface area contributed by atoms with Crippen molar-refractivity contribution in [3.05, 3.63) is 0 Å². The molecule has 1 aliphatic heterocycles. The highest BCUT2D eigenvalue weighted by molar-refractivity contribution is 5.79. The molecule has 6 heteroatoms. The molecular weight excluding hydrogens is 295 g/mol. The van der Waals surface area contributed by atoms with Gasteiger partial charge in [0, 0.05) is 17.9 Å². The van der Waals surface area contributed by atoms with Crippen molar-refractivity contribution in [3.8, 4) is 12.1 Å². The molecule has 2 saturated carbocycles. The normalized spacial score (nSPS) is 42.3. The topological polar surface area (TPSA) is 79.9 Å². The van der Waals surface area contributed by atoms with Crippen LogP contribution < -0.4 is 5.32 Å². The van der Waals surface area contributed by atoms with Gasteiger partial charge < -0.3 is 10.2 Å². The Labute approximate surface area is 136 Å². The molecule has 5 nitrogen and oxygen atoms in total. The van der Waals surface area contributed by atoms with Crippen LogP contribution in [0.1, 0.15) is 39.0 Å². The lowest BCUT2D eigenvalue weighted by molar-refractivity contribution is -0.130. The molecule has 3 rings (SSSR count). The van der Waals surface area contributed by atoms with E-state index in [0.717, 1.165) is 25.7 Å². The van der Waals surface area contributed by atoms with Gasteiger partial charge in [0.05, 0.1) is 25.2 Å². The number of halogens is 1. The second-order valence-corrected chi connectivity index (χ2v) is 7.66. The van der Waals surface area contributed by atoms with Crippen LogP contribution in [0.5, 0.6) is 0 Å². The number of hydrogen-bond acceptors (Lipinski definition) is 4. The van der Waals surface area contributed by atoms with Crippen LogP contribution in [0.3, 0.4) is 0 Å². The third-order valence-corrected chi connectivity index (χ3v) is 5.83. The third-order valence-electron chi connectivity index (χ3n) is 5.83. The number of likely N-dealkylation sites (tertiary alicyclic amines) is 1. The standard InChI is InChI=1S/C17H23FN4O/c1-17(5-12-2-11(7-19)3-13(12)6-17)21-9-16(23)22-10-14(18)4-15(22)8-20/h11-15,21H,2-6,9-10H2,1H3/t11?,12-,13+,14-,15?,17?/m0/s1. The van der Waals surface area contributed by atoms with Crippen LogP contribution in [0.4, 0.5) is 4.39 Å². The van der Waals surface area contributed by atoms with Crippen LogP contribution in [-0.4, -0.2) is 41.6 Å². The summed E-state index contributed by atoms with van der Waals surface area (Å²) in [5.41, 5.74) is -0.0948.